The lowest BCUT2D eigenvalue weighted by molar-refractivity contribution is -0.125. The van der Waals surface area contributed by atoms with Gasteiger partial charge in [0.15, 0.2) is 17.3 Å². The molecule has 4 fully saturated rings. The van der Waals surface area contributed by atoms with E-state index in [1.165, 1.54) is 68.4 Å². The number of phenolic OH excluding ortho intramolecular Hbond substituents is 1. The number of hydrogen-bond donors (Lipinski definition) is 8. The summed E-state index contributed by atoms with van der Waals surface area (Å²) in [5, 5.41) is 47.6. The Hall–Kier alpha value is -5.14. The van der Waals surface area contributed by atoms with Gasteiger partial charge in [0, 0.05) is 37.8 Å². The fraction of sp³-hybridized carbons (Fsp3) is 0.538. The van der Waals surface area contributed by atoms with Gasteiger partial charge < -0.3 is 47.1 Å². The summed E-state index contributed by atoms with van der Waals surface area (Å²) < 4.78 is 5.57. The Bertz CT molecular complexity index is 2690. The number of benzene rings is 3. The monoisotopic (exact) mass is 1030 g/mol. The van der Waals surface area contributed by atoms with E-state index in [2.05, 4.69) is 94.1 Å². The number of aliphatic hydroxyl groups excluding tert-OH is 2. The van der Waals surface area contributed by atoms with Gasteiger partial charge in [0.05, 0.1) is 32.4 Å². The zero-order chi connectivity index (χ0) is 52.8. The minimum atomic E-state index is -0.445. The van der Waals surface area contributed by atoms with Crippen molar-refractivity contribution in [2.24, 2.45) is 52.1 Å². The summed E-state index contributed by atoms with van der Waals surface area (Å²) in [6.07, 6.45) is 28.6. The molecule has 406 valence electrons. The average Bonchev–Trinajstić information content (AvgIpc) is 4.07. The van der Waals surface area contributed by atoms with Crippen LogP contribution in [0, 0.1) is 46.3 Å². The number of hydrogen-bond acceptors (Lipinski definition) is 11. The summed E-state index contributed by atoms with van der Waals surface area (Å²) in [6.45, 7) is 5.09. The number of nitrogens with one attached hydrogen (secondary N) is 4. The molecule has 3 aromatic rings. The van der Waals surface area contributed by atoms with Gasteiger partial charge >= 0.3 is 0 Å². The van der Waals surface area contributed by atoms with Crippen LogP contribution in [0.25, 0.3) is 5.57 Å². The maximum Gasteiger partial charge on any atom is 0.163 e. The molecule has 1 unspecified atom stereocenters. The van der Waals surface area contributed by atoms with Crippen LogP contribution >= 0.6 is 0 Å². The number of phenols is 1. The number of rotatable bonds is 21. The molecule has 3 aliphatic heterocycles. The van der Waals surface area contributed by atoms with Crippen LogP contribution in [0.4, 0.5) is 0 Å². The predicted octanol–water partition coefficient (Wildman–Crippen LogP) is 8.62. The quantitative estimate of drug-likeness (QED) is 0.0291. The van der Waals surface area contributed by atoms with Gasteiger partial charge in [-0.3, -0.25) is 9.59 Å². The van der Waals surface area contributed by atoms with E-state index in [-0.39, 0.29) is 52.4 Å². The first-order chi connectivity index (χ1) is 36.9. The molecule has 3 aromatic carbocycles. The number of carbonyl (C=O) groups is 2. The van der Waals surface area contributed by atoms with E-state index in [0.717, 1.165) is 75.7 Å². The number of aryl methyl sites for hydroxylation is 3. The molecule has 0 amide bonds. The highest BCUT2D eigenvalue weighted by molar-refractivity contribution is 6.08. The van der Waals surface area contributed by atoms with E-state index < -0.39 is 12.7 Å². The molecule has 3 heterocycles. The fourth-order valence-electron chi connectivity index (χ4n) is 15.9. The fourth-order valence-corrected chi connectivity index (χ4v) is 15.9. The third-order valence-electron chi connectivity index (χ3n) is 19.2. The second kappa shape index (κ2) is 24.3. The Balaban J connectivity index is 0.849. The summed E-state index contributed by atoms with van der Waals surface area (Å²) in [5.74, 6) is 2.52. The summed E-state index contributed by atoms with van der Waals surface area (Å²) in [6, 6.07) is 23.4. The Morgan fingerprint density at radius 3 is 2.50 bits per heavy atom. The number of piperidine rings is 1. The van der Waals surface area contributed by atoms with E-state index in [1.807, 2.05) is 25.3 Å². The highest BCUT2D eigenvalue weighted by Crippen LogP contribution is 2.68. The highest BCUT2D eigenvalue weighted by Gasteiger charge is 2.64. The van der Waals surface area contributed by atoms with Gasteiger partial charge in [-0.25, -0.2) is 0 Å². The normalized spacial score (nSPS) is 29.9. The maximum atomic E-state index is 14.3. The van der Waals surface area contributed by atoms with Gasteiger partial charge in [-0.2, -0.15) is 0 Å². The Morgan fingerprint density at radius 1 is 0.947 bits per heavy atom. The zero-order valence-corrected chi connectivity index (χ0v) is 45.2. The highest BCUT2D eigenvalue weighted by atomic mass is 16.5. The van der Waals surface area contributed by atoms with Crippen molar-refractivity contribution in [1.29, 1.82) is 0 Å². The number of ether oxygens (including phenoxy) is 1. The third-order valence-corrected chi connectivity index (χ3v) is 19.2. The summed E-state index contributed by atoms with van der Waals surface area (Å²) in [7, 11) is 1.48. The maximum absolute atomic E-state index is 14.3. The molecule has 1 saturated heterocycles. The molecular formula is C65H85N5O6. The second-order valence-corrected chi connectivity index (χ2v) is 24.1. The molecule has 10 rings (SSSR count). The summed E-state index contributed by atoms with van der Waals surface area (Å²) in [4.78, 5) is 28.4. The molecule has 11 nitrogen and oxygen atoms in total. The number of nitrogens with two attached hydrogens (primary N) is 1. The van der Waals surface area contributed by atoms with Crippen LogP contribution in [0.2, 0.25) is 0 Å². The molecule has 0 radical (unpaired) electrons. The molecule has 0 bridgehead atoms. The molecule has 4 aliphatic carbocycles. The molecule has 7 aliphatic rings. The van der Waals surface area contributed by atoms with E-state index in [1.54, 1.807) is 12.1 Å². The van der Waals surface area contributed by atoms with E-state index >= 15 is 0 Å². The van der Waals surface area contributed by atoms with Crippen molar-refractivity contribution in [3.05, 3.63) is 148 Å². The minimum absolute atomic E-state index is 0.00928. The summed E-state index contributed by atoms with van der Waals surface area (Å²) >= 11 is 0. The molecule has 9 N–H and O–H groups in total. The largest absolute Gasteiger partial charge is 0.504 e. The molecule has 11 heteroatoms. The number of carbonyl (C=O) groups excluding carboxylic acids is 2. The second-order valence-electron chi connectivity index (χ2n) is 24.1. The number of ketones is 2. The van der Waals surface area contributed by atoms with Crippen molar-refractivity contribution >= 4 is 17.1 Å². The van der Waals surface area contributed by atoms with Crippen LogP contribution in [0.3, 0.4) is 0 Å². The van der Waals surface area contributed by atoms with Crippen LogP contribution in [0.1, 0.15) is 112 Å². The number of aliphatic hydroxyl groups is 2. The lowest BCUT2D eigenvalue weighted by Gasteiger charge is -2.54. The Labute approximate surface area is 452 Å². The molecular weight excluding hydrogens is 947 g/mol. The molecule has 1 spiro atoms. The van der Waals surface area contributed by atoms with Crippen LogP contribution < -0.4 is 31.7 Å². The number of dihydropyridines is 1. The first kappa shape index (κ1) is 54.2. The number of allylic oxidation sites excluding steroid dienone is 5. The van der Waals surface area contributed by atoms with Gasteiger partial charge in [-0.15, -0.1) is 0 Å². The van der Waals surface area contributed by atoms with Gasteiger partial charge in [-0.1, -0.05) is 91.7 Å². The van der Waals surface area contributed by atoms with Crippen molar-refractivity contribution < 1.29 is 29.6 Å². The minimum Gasteiger partial charge on any atom is -0.504 e. The topological polar surface area (TPSA) is 178 Å². The molecule has 76 heavy (non-hydrogen) atoms. The van der Waals surface area contributed by atoms with Gasteiger partial charge in [0.25, 0.3) is 0 Å². The first-order valence-electron chi connectivity index (χ1n) is 28.9. The lowest BCUT2D eigenvalue weighted by atomic mass is 9.53. The van der Waals surface area contributed by atoms with E-state index in [9.17, 15) is 24.9 Å². The molecule has 11 atom stereocenters. The van der Waals surface area contributed by atoms with Crippen molar-refractivity contribution in [1.82, 2.24) is 21.3 Å². The Morgan fingerprint density at radius 2 is 1.72 bits per heavy atom. The lowest BCUT2D eigenvalue weighted by Crippen LogP contribution is -2.57. The van der Waals surface area contributed by atoms with Gasteiger partial charge in [0.1, 0.15) is 5.78 Å². The zero-order valence-electron chi connectivity index (χ0n) is 45.2. The number of methoxy groups -OCH3 is 1. The number of Topliss-reactive ketones (excluding diaryl/α,β-unsaturated/α-hetero) is 1. The predicted molar refractivity (Wildman–Crippen MR) is 302 cm³/mol. The SMILES string of the molecule is COc1cc(/C(=C/C(=O)CC(=O)C[C@H]2C=C[C@H]3C4(CCCC4)[C@H](NC[C@H](C)O)C[C@@]3(C[C@H]3[C@@H]4CCNC[C@@H]4C[C@@H]4C=CCN[C@@H]34)C2)CO)c(CC2=CNC(N)C=C2CCc2cccc(CCc3ccccc3)c2)cc1O. The van der Waals surface area contributed by atoms with Gasteiger partial charge in [0.2, 0.25) is 0 Å². The third kappa shape index (κ3) is 12.1. The van der Waals surface area contributed by atoms with Crippen molar-refractivity contribution in [3.63, 3.8) is 0 Å². The van der Waals surface area contributed by atoms with Gasteiger partial charge in [-0.05, 0) is 212 Å². The van der Waals surface area contributed by atoms with E-state index in [0.29, 0.717) is 77.8 Å². The Kier molecular flexibility index (Phi) is 17.3. The summed E-state index contributed by atoms with van der Waals surface area (Å²) in [5.41, 5.74) is 14.1. The first-order valence-corrected chi connectivity index (χ1v) is 28.9. The smallest absolute Gasteiger partial charge is 0.163 e. The van der Waals surface area contributed by atoms with Crippen molar-refractivity contribution in [3.8, 4) is 11.5 Å². The number of aromatic hydroxyl groups is 1. The standard InChI is InChI=1S/C65H85N5O6/c1-42(72)38-69-61-37-64(36-57-55-21-25-67-39-51(55)28-48-14-9-24-68-63(48)57)35-46(18-20-60(64)65(61)22-6-7-23-65)27-53(73)33-54(74)30-52(41-71)56-34-59(76-2)58(75)31-49(56)29-50-40-70-62(66)32-47(50)19-17-45-13-8-12-44(26-45)16-15-43-10-4-3-5-11-43/h3-5,8-14,18,20,26,30-32,34,40,42,46,48,51,55,57,60-63,67-72,75H,6-7,15-17,19,21-25,27-29,33,35-39,41,66H2,1-2H3/b52-30+/t42-,46+,48-,51-,55+,57-,60+,61+,62?,63+,64-/m0/s1. The molecule has 3 saturated carbocycles. The average molecular weight is 1030 g/mol. The van der Waals surface area contributed by atoms with Crippen LogP contribution in [-0.2, 0) is 35.3 Å². The van der Waals surface area contributed by atoms with E-state index in [4.69, 9.17) is 10.5 Å². The number of fused-ring (bicyclic) bond motifs is 4. The van der Waals surface area contributed by atoms with Crippen LogP contribution in [-0.4, -0.2) is 91.1 Å². The van der Waals surface area contributed by atoms with Crippen molar-refractivity contribution in [2.75, 3.05) is 39.9 Å². The van der Waals surface area contributed by atoms with Crippen LogP contribution in [0.15, 0.2) is 121 Å². The van der Waals surface area contributed by atoms with Crippen LogP contribution in [0.5, 0.6) is 11.5 Å². The molecule has 0 aromatic heterocycles. The van der Waals surface area contributed by atoms with Crippen molar-refractivity contribution in [2.45, 2.75) is 134 Å².